The van der Waals surface area contributed by atoms with Gasteiger partial charge in [0.2, 0.25) is 0 Å². The molecule has 1 radical (unpaired) electrons. The molecule has 37 heavy (non-hydrogen) atoms. The summed E-state index contributed by atoms with van der Waals surface area (Å²) in [6.45, 7) is 4.37. The Balaban J connectivity index is 0. The van der Waals surface area contributed by atoms with Gasteiger partial charge in [-0.05, 0) is 12.8 Å². The molecule has 7 nitrogen and oxygen atoms in total. The van der Waals surface area contributed by atoms with Crippen molar-refractivity contribution in [2.75, 3.05) is 0 Å². The predicted octanol–water partition coefficient (Wildman–Crippen LogP) is 7.64. The number of hydrogen-bond acceptors (Lipinski definition) is 4. The van der Waals surface area contributed by atoms with E-state index in [2.05, 4.69) is 13.8 Å². The summed E-state index contributed by atoms with van der Waals surface area (Å²) in [4.78, 5) is 24.2. The van der Waals surface area contributed by atoms with Crippen LogP contribution in [0.5, 0.6) is 0 Å². The van der Waals surface area contributed by atoms with Crippen LogP contribution in [0.2, 0.25) is 0 Å². The normalized spacial score (nSPS) is 12.7. The van der Waals surface area contributed by atoms with E-state index in [1.165, 1.54) is 64.2 Å². The standard InChI is InChI=1S/C28H54O7S.Na/c1-3-5-7-9-11-13-15-17-19-21-23-28(27(31)32,25(26(29)30)36(33,34)35)24-22-20-18-16-14-12-10-8-6-4-2;/h25H,3-24H2,1-2H3,(H,29,30)(H,31,32)(H,33,34,35);. The van der Waals surface area contributed by atoms with E-state index in [1.54, 1.807) is 0 Å². The Bertz CT molecular complexity index is 658. The second-order valence-electron chi connectivity index (χ2n) is 10.6. The van der Waals surface area contributed by atoms with Crippen LogP contribution in [0.3, 0.4) is 0 Å². The van der Waals surface area contributed by atoms with Gasteiger partial charge in [0, 0.05) is 29.6 Å². The molecule has 0 aromatic carbocycles. The first-order valence-electron chi connectivity index (χ1n) is 14.6. The van der Waals surface area contributed by atoms with Gasteiger partial charge in [0.25, 0.3) is 10.1 Å². The fraction of sp³-hybridized carbons (Fsp3) is 0.929. The summed E-state index contributed by atoms with van der Waals surface area (Å²) in [5.41, 5.74) is -2.01. The molecule has 0 heterocycles. The molecule has 0 spiro atoms. The number of carboxylic acids is 2. The molecule has 0 aliphatic rings. The minimum atomic E-state index is -5.07. The average Bonchev–Trinajstić information content (AvgIpc) is 2.79. The molecule has 0 bridgehead atoms. The summed E-state index contributed by atoms with van der Waals surface area (Å²) < 4.78 is 33.7. The number of aliphatic carboxylic acids is 2. The number of unbranched alkanes of at least 4 members (excludes halogenated alkanes) is 18. The third kappa shape index (κ3) is 17.9. The molecule has 9 heteroatoms. The van der Waals surface area contributed by atoms with Crippen molar-refractivity contribution < 1.29 is 32.8 Å². The first kappa shape index (κ1) is 39.0. The average molecular weight is 558 g/mol. The van der Waals surface area contributed by atoms with Crippen LogP contribution in [0, 0.1) is 5.41 Å². The zero-order valence-corrected chi connectivity index (χ0v) is 26.8. The van der Waals surface area contributed by atoms with Crippen LogP contribution in [0.4, 0.5) is 0 Å². The Morgan fingerprint density at radius 2 is 0.865 bits per heavy atom. The van der Waals surface area contributed by atoms with Gasteiger partial charge < -0.3 is 10.2 Å². The van der Waals surface area contributed by atoms with Crippen molar-refractivity contribution in [3.05, 3.63) is 0 Å². The fourth-order valence-corrected chi connectivity index (χ4v) is 6.38. The first-order chi connectivity index (χ1) is 17.1. The predicted molar refractivity (Wildman–Crippen MR) is 152 cm³/mol. The van der Waals surface area contributed by atoms with Gasteiger partial charge in [0.15, 0.2) is 5.25 Å². The molecular formula is C28H54NaO7S. The molecule has 0 aliphatic carbocycles. The quantitative estimate of drug-likeness (QED) is 0.0566. The van der Waals surface area contributed by atoms with E-state index in [-0.39, 0.29) is 42.4 Å². The molecule has 0 saturated carbocycles. The van der Waals surface area contributed by atoms with E-state index in [1.807, 2.05) is 0 Å². The molecule has 1 atom stereocenters. The largest absolute Gasteiger partial charge is 0.481 e. The number of rotatable bonds is 26. The summed E-state index contributed by atoms with van der Waals surface area (Å²) in [7, 11) is -5.07. The molecule has 0 fully saturated rings. The molecule has 215 valence electrons. The third-order valence-electron chi connectivity index (χ3n) is 7.40. The van der Waals surface area contributed by atoms with Crippen molar-refractivity contribution in [1.82, 2.24) is 0 Å². The SMILES string of the molecule is CCCCCCCCCCCCC(CCCCCCCCCCCC)(C(=O)O)C(C(=O)O)S(=O)(=O)O.[Na]. The van der Waals surface area contributed by atoms with Crippen LogP contribution >= 0.6 is 0 Å². The van der Waals surface area contributed by atoms with Gasteiger partial charge in [0.05, 0.1) is 5.41 Å². The van der Waals surface area contributed by atoms with Gasteiger partial charge in [-0.3, -0.25) is 14.1 Å². The Kier molecular flexibility index (Phi) is 25.0. The summed E-state index contributed by atoms with van der Waals surface area (Å²) in [5, 5.41) is 17.3. The maximum Gasteiger partial charge on any atom is 0.325 e. The van der Waals surface area contributed by atoms with E-state index in [9.17, 15) is 32.8 Å². The summed E-state index contributed by atoms with van der Waals surface area (Å²) in [5.74, 6) is -3.24. The van der Waals surface area contributed by atoms with E-state index in [4.69, 9.17) is 0 Å². The Morgan fingerprint density at radius 3 is 1.08 bits per heavy atom. The molecular weight excluding hydrogens is 503 g/mol. The minimum Gasteiger partial charge on any atom is -0.481 e. The zero-order valence-electron chi connectivity index (χ0n) is 24.0. The molecule has 0 aliphatic heterocycles. The molecule has 1 unspecified atom stereocenters. The van der Waals surface area contributed by atoms with Crippen LogP contribution in [0.25, 0.3) is 0 Å². The fourth-order valence-electron chi connectivity index (χ4n) is 5.22. The second kappa shape index (κ2) is 23.7. The molecule has 0 rings (SSSR count). The van der Waals surface area contributed by atoms with Gasteiger partial charge in [-0.1, -0.05) is 142 Å². The number of hydrogen-bond donors (Lipinski definition) is 3. The Morgan fingerprint density at radius 1 is 0.595 bits per heavy atom. The van der Waals surface area contributed by atoms with E-state index in [0.29, 0.717) is 12.8 Å². The van der Waals surface area contributed by atoms with Crippen molar-refractivity contribution in [2.45, 2.75) is 160 Å². The van der Waals surface area contributed by atoms with Crippen molar-refractivity contribution in [3.8, 4) is 0 Å². The van der Waals surface area contributed by atoms with Crippen LogP contribution in [0.15, 0.2) is 0 Å². The van der Waals surface area contributed by atoms with E-state index < -0.39 is 32.7 Å². The molecule has 3 N–H and O–H groups in total. The first-order valence-corrected chi connectivity index (χ1v) is 16.1. The summed E-state index contributed by atoms with van der Waals surface area (Å²) >= 11 is 0. The Labute approximate surface area is 249 Å². The third-order valence-corrected chi connectivity index (χ3v) is 8.65. The number of carbonyl (C=O) groups is 2. The van der Waals surface area contributed by atoms with E-state index >= 15 is 0 Å². The van der Waals surface area contributed by atoms with Gasteiger partial charge >= 0.3 is 11.9 Å². The molecule has 0 aromatic rings. The van der Waals surface area contributed by atoms with Crippen LogP contribution in [-0.4, -0.2) is 69.9 Å². The van der Waals surface area contributed by atoms with Crippen molar-refractivity contribution in [3.63, 3.8) is 0 Å². The van der Waals surface area contributed by atoms with Gasteiger partial charge in [-0.15, -0.1) is 0 Å². The summed E-state index contributed by atoms with van der Waals surface area (Å²) in [6.07, 6.45) is 20.6. The van der Waals surface area contributed by atoms with Crippen LogP contribution in [-0.2, 0) is 19.7 Å². The number of carboxylic acid groups (broad SMARTS) is 2. The van der Waals surface area contributed by atoms with Crippen molar-refractivity contribution >= 4 is 51.6 Å². The maximum atomic E-state index is 12.4. The van der Waals surface area contributed by atoms with Gasteiger partial charge in [0.1, 0.15) is 0 Å². The molecule has 0 amide bonds. The van der Waals surface area contributed by atoms with Gasteiger partial charge in [-0.25, -0.2) is 0 Å². The monoisotopic (exact) mass is 557 g/mol. The smallest absolute Gasteiger partial charge is 0.325 e. The van der Waals surface area contributed by atoms with Crippen molar-refractivity contribution in [2.24, 2.45) is 5.41 Å². The minimum absolute atomic E-state index is 0. The second-order valence-corrected chi connectivity index (χ2v) is 12.1. The zero-order chi connectivity index (χ0) is 27.3. The van der Waals surface area contributed by atoms with E-state index in [0.717, 1.165) is 51.4 Å². The van der Waals surface area contributed by atoms with Gasteiger partial charge in [-0.2, -0.15) is 8.42 Å². The van der Waals surface area contributed by atoms with Crippen LogP contribution in [0.1, 0.15) is 155 Å². The molecule has 0 aromatic heterocycles. The van der Waals surface area contributed by atoms with Crippen LogP contribution < -0.4 is 0 Å². The maximum absolute atomic E-state index is 12.4. The topological polar surface area (TPSA) is 129 Å². The van der Waals surface area contributed by atoms with Crippen molar-refractivity contribution in [1.29, 1.82) is 0 Å². The molecule has 0 saturated heterocycles. The summed E-state index contributed by atoms with van der Waals surface area (Å²) in [6, 6.07) is 0. The Hall–Kier alpha value is -0.150.